The number of Topliss-reactive ketones (excluding diaryl/α,β-unsaturated/α-hetero) is 1. The molecule has 184 valence electrons. The van der Waals surface area contributed by atoms with Crippen molar-refractivity contribution < 1.29 is 47.7 Å². The van der Waals surface area contributed by atoms with Crippen molar-refractivity contribution in [2.75, 3.05) is 59.4 Å². The second kappa shape index (κ2) is 17.0. The second-order valence-corrected chi connectivity index (χ2v) is 7.76. The Morgan fingerprint density at radius 3 is 1.84 bits per heavy atom. The fourth-order valence-corrected chi connectivity index (χ4v) is 2.63. The molecule has 11 nitrogen and oxygen atoms in total. The highest BCUT2D eigenvalue weighted by Crippen LogP contribution is 2.29. The molecular weight excluding hydrogens is 445 g/mol. The van der Waals surface area contributed by atoms with E-state index in [1.54, 1.807) is 18.2 Å². The van der Waals surface area contributed by atoms with Gasteiger partial charge in [0.25, 0.3) is 0 Å². The first kappa shape index (κ1) is 28.5. The fourth-order valence-electron chi connectivity index (χ4n) is 2.63. The fraction of sp³-hybridized carbons (Fsp3) is 0.650. The normalized spacial score (nSPS) is 16.1. The molecule has 0 bridgehead atoms. The molecule has 0 radical (unpaired) electrons. The minimum absolute atomic E-state index is 0.103. The molecule has 1 aliphatic rings. The number of unbranched alkanes of at least 4 members (excludes halogenated alkanes) is 2. The Morgan fingerprint density at radius 1 is 0.812 bits per heavy atom. The highest BCUT2D eigenvalue weighted by molar-refractivity contribution is 7.45. The van der Waals surface area contributed by atoms with Crippen LogP contribution in [0.1, 0.15) is 36.0 Å². The second-order valence-electron chi connectivity index (χ2n) is 6.73. The number of hydrogen-bond donors (Lipinski definition) is 4. The highest BCUT2D eigenvalue weighted by atomic mass is 31.2. The number of nitrogens with two attached hydrogens (primary N) is 1. The van der Waals surface area contributed by atoms with Crippen LogP contribution >= 0.6 is 7.82 Å². The standard InChI is InChI=1S/C20H31NO6.H3O4P/c21-7-3-1-2-4-18(22)17-5-6-19-20(16-17)27-15-13-25-11-9-23-8-10-24-12-14-26-19;1-5(2,3)4/h5-6,16H,1-4,7-15,21H2;(H3,1,2,3,4). The first-order chi connectivity index (χ1) is 15.3. The van der Waals surface area contributed by atoms with Crippen LogP contribution in [0.3, 0.4) is 0 Å². The third kappa shape index (κ3) is 15.3. The van der Waals surface area contributed by atoms with Crippen LogP contribution in [0.2, 0.25) is 0 Å². The predicted octanol–water partition coefficient (Wildman–Crippen LogP) is 1.28. The number of ketones is 1. The van der Waals surface area contributed by atoms with Crippen molar-refractivity contribution in [3.05, 3.63) is 23.8 Å². The summed E-state index contributed by atoms with van der Waals surface area (Å²) in [7, 11) is -4.64. The van der Waals surface area contributed by atoms with Crippen LogP contribution in [-0.4, -0.2) is 79.9 Å². The monoisotopic (exact) mass is 479 g/mol. The predicted molar refractivity (Wildman–Crippen MR) is 116 cm³/mol. The summed E-state index contributed by atoms with van der Waals surface area (Å²) < 4.78 is 36.7. The molecule has 2 rings (SSSR count). The number of ether oxygens (including phenoxy) is 5. The molecule has 0 atom stereocenters. The molecule has 1 heterocycles. The van der Waals surface area contributed by atoms with Gasteiger partial charge in [-0.15, -0.1) is 0 Å². The van der Waals surface area contributed by atoms with Crippen LogP contribution < -0.4 is 15.2 Å². The molecule has 0 aliphatic carbocycles. The summed E-state index contributed by atoms with van der Waals surface area (Å²) in [5.41, 5.74) is 6.12. The van der Waals surface area contributed by atoms with Crippen molar-refractivity contribution in [2.24, 2.45) is 5.73 Å². The van der Waals surface area contributed by atoms with Gasteiger partial charge in [-0.1, -0.05) is 6.42 Å². The number of phosphoric acid groups is 1. The number of carbonyl (C=O) groups is 1. The number of benzene rings is 1. The maximum Gasteiger partial charge on any atom is 0.466 e. The molecule has 0 saturated carbocycles. The summed E-state index contributed by atoms with van der Waals surface area (Å²) in [6.07, 6.45) is 3.27. The van der Waals surface area contributed by atoms with E-state index in [-0.39, 0.29) is 5.78 Å². The van der Waals surface area contributed by atoms with Crippen molar-refractivity contribution in [3.8, 4) is 11.5 Å². The molecule has 1 aliphatic heterocycles. The third-order valence-corrected chi connectivity index (χ3v) is 4.09. The number of hydrogen-bond acceptors (Lipinski definition) is 8. The number of carbonyl (C=O) groups excluding carboxylic acids is 1. The van der Waals surface area contributed by atoms with Crippen LogP contribution in [0.15, 0.2) is 18.2 Å². The minimum atomic E-state index is -4.64. The molecular formula is C20H34NO10P. The zero-order valence-electron chi connectivity index (χ0n) is 18.1. The van der Waals surface area contributed by atoms with Crippen LogP contribution in [0.5, 0.6) is 11.5 Å². The van der Waals surface area contributed by atoms with Gasteiger partial charge in [0, 0.05) is 12.0 Å². The van der Waals surface area contributed by atoms with Gasteiger partial charge in [0.05, 0.1) is 39.6 Å². The summed E-state index contributed by atoms with van der Waals surface area (Å²) in [5, 5.41) is 0. The van der Waals surface area contributed by atoms with E-state index in [4.69, 9.17) is 48.7 Å². The van der Waals surface area contributed by atoms with Gasteiger partial charge in [0.15, 0.2) is 17.3 Å². The van der Waals surface area contributed by atoms with E-state index in [1.807, 2.05) is 0 Å². The summed E-state index contributed by atoms with van der Waals surface area (Å²) in [6, 6.07) is 5.32. The lowest BCUT2D eigenvalue weighted by atomic mass is 10.0. The molecule has 0 aromatic heterocycles. The first-order valence-electron chi connectivity index (χ1n) is 10.5. The molecule has 5 N–H and O–H groups in total. The summed E-state index contributed by atoms with van der Waals surface area (Å²) in [6.45, 7) is 4.43. The van der Waals surface area contributed by atoms with Gasteiger partial charge in [0.2, 0.25) is 0 Å². The van der Waals surface area contributed by atoms with Crippen LogP contribution in [0.25, 0.3) is 0 Å². The van der Waals surface area contributed by atoms with E-state index in [2.05, 4.69) is 0 Å². The average molecular weight is 479 g/mol. The first-order valence-corrected chi connectivity index (χ1v) is 12.0. The maximum absolute atomic E-state index is 12.4. The zero-order valence-corrected chi connectivity index (χ0v) is 19.0. The largest absolute Gasteiger partial charge is 0.487 e. The van der Waals surface area contributed by atoms with E-state index >= 15 is 0 Å². The minimum Gasteiger partial charge on any atom is -0.487 e. The summed E-state index contributed by atoms with van der Waals surface area (Å²) in [4.78, 5) is 34.0. The molecule has 0 amide bonds. The van der Waals surface area contributed by atoms with Gasteiger partial charge in [-0.05, 0) is 37.6 Å². The summed E-state index contributed by atoms with van der Waals surface area (Å²) in [5.74, 6) is 1.26. The molecule has 0 saturated heterocycles. The van der Waals surface area contributed by atoms with Gasteiger partial charge in [0.1, 0.15) is 13.2 Å². The van der Waals surface area contributed by atoms with Gasteiger partial charge in [-0.2, -0.15) is 0 Å². The Kier molecular flexibility index (Phi) is 15.1. The Morgan fingerprint density at radius 2 is 1.31 bits per heavy atom. The average Bonchev–Trinajstić information content (AvgIpc) is 2.74. The summed E-state index contributed by atoms with van der Waals surface area (Å²) >= 11 is 0. The number of fused-ring (bicyclic) bond motifs is 1. The SMILES string of the molecule is NCCCCCC(=O)c1ccc2c(c1)OCCOCCOCCOCCO2.O=P(O)(O)O. The maximum atomic E-state index is 12.4. The quantitative estimate of drug-likeness (QED) is 0.264. The van der Waals surface area contributed by atoms with E-state index in [0.29, 0.717) is 82.9 Å². The molecule has 1 aromatic carbocycles. The Hall–Kier alpha value is -1.56. The van der Waals surface area contributed by atoms with Crippen LogP contribution in [0, 0.1) is 0 Å². The van der Waals surface area contributed by atoms with Gasteiger partial charge < -0.3 is 44.1 Å². The van der Waals surface area contributed by atoms with Gasteiger partial charge in [-0.25, -0.2) is 4.57 Å². The molecule has 0 unspecified atom stereocenters. The van der Waals surface area contributed by atoms with Crippen molar-refractivity contribution in [3.63, 3.8) is 0 Å². The smallest absolute Gasteiger partial charge is 0.466 e. The van der Waals surface area contributed by atoms with Crippen molar-refractivity contribution in [1.82, 2.24) is 0 Å². The lowest BCUT2D eigenvalue weighted by Crippen LogP contribution is -2.13. The molecule has 32 heavy (non-hydrogen) atoms. The Labute approximate surface area is 188 Å². The van der Waals surface area contributed by atoms with E-state index in [9.17, 15) is 4.79 Å². The molecule has 12 heteroatoms. The van der Waals surface area contributed by atoms with Crippen LogP contribution in [-0.2, 0) is 18.8 Å². The Balaban J connectivity index is 0.000000920. The van der Waals surface area contributed by atoms with Gasteiger partial charge in [-0.3, -0.25) is 4.79 Å². The van der Waals surface area contributed by atoms with E-state index in [0.717, 1.165) is 19.3 Å². The van der Waals surface area contributed by atoms with E-state index in [1.165, 1.54) is 0 Å². The topological polar surface area (TPSA) is 167 Å². The van der Waals surface area contributed by atoms with E-state index < -0.39 is 7.82 Å². The van der Waals surface area contributed by atoms with Crippen LogP contribution in [0.4, 0.5) is 0 Å². The van der Waals surface area contributed by atoms with Crippen molar-refractivity contribution >= 4 is 13.6 Å². The lowest BCUT2D eigenvalue weighted by Gasteiger charge is -2.14. The zero-order chi connectivity index (χ0) is 23.7. The van der Waals surface area contributed by atoms with Crippen molar-refractivity contribution in [2.45, 2.75) is 25.7 Å². The molecule has 0 fully saturated rings. The van der Waals surface area contributed by atoms with Crippen molar-refractivity contribution in [1.29, 1.82) is 0 Å². The highest BCUT2D eigenvalue weighted by Gasteiger charge is 2.12. The number of rotatable bonds is 6. The Bertz CT molecular complexity index is 689. The lowest BCUT2D eigenvalue weighted by molar-refractivity contribution is 0.00708. The van der Waals surface area contributed by atoms with Gasteiger partial charge >= 0.3 is 7.82 Å². The molecule has 0 spiro atoms. The third-order valence-electron chi connectivity index (χ3n) is 4.09. The molecule has 1 aromatic rings.